The van der Waals surface area contributed by atoms with Gasteiger partial charge in [-0.2, -0.15) is 8.42 Å². The summed E-state index contributed by atoms with van der Waals surface area (Å²) in [4.78, 5) is 26.9. The Labute approximate surface area is 265 Å². The quantitative estimate of drug-likeness (QED) is 0.144. The largest absolute Gasteiger partial charge is 0.493 e. The van der Waals surface area contributed by atoms with Gasteiger partial charge in [-0.25, -0.2) is 0 Å². The second-order valence-corrected chi connectivity index (χ2v) is 15.0. The normalized spacial score (nSPS) is 14.9. The van der Waals surface area contributed by atoms with Crippen molar-refractivity contribution in [2.24, 2.45) is 5.92 Å². The molecule has 0 spiro atoms. The molecular weight excluding hydrogens is 597 g/mol. The fourth-order valence-corrected chi connectivity index (χ4v) is 6.44. The lowest BCUT2D eigenvalue weighted by Gasteiger charge is -2.22. The Balaban J connectivity index is 1.45. The van der Waals surface area contributed by atoms with Gasteiger partial charge >= 0.3 is 0 Å². The van der Waals surface area contributed by atoms with E-state index in [9.17, 15) is 18.0 Å². The molecule has 8 nitrogen and oxygen atoms in total. The molecule has 3 aromatic rings. The highest BCUT2D eigenvalue weighted by molar-refractivity contribution is 8.00. The summed E-state index contributed by atoms with van der Waals surface area (Å²) in [5.74, 6) is 0.205. The van der Waals surface area contributed by atoms with Crippen LogP contribution in [0.4, 0.5) is 5.69 Å². The molecule has 44 heavy (non-hydrogen) atoms. The van der Waals surface area contributed by atoms with E-state index in [0.29, 0.717) is 17.2 Å². The topological polar surface area (TPSA) is 122 Å². The molecule has 1 saturated carbocycles. The zero-order valence-corrected chi connectivity index (χ0v) is 27.2. The first-order chi connectivity index (χ1) is 20.9. The standard InChI is InChI=1S/C34H42N2O6S2/c1-34(2,3)27-13-9-25(10-14-27)31(43-30-19-11-26(12-20-30)32(37)35-21-22-44(39,40)41)33(38)36-28-15-17-29(18-16-28)42-23-24-7-5-4-6-8-24/h9-20,24,31H,4-8,21-23H2,1-3H3,(H,35,37)(H,36,38)(H,39,40,41). The van der Waals surface area contributed by atoms with Crippen molar-refractivity contribution in [1.29, 1.82) is 0 Å². The molecule has 0 aliphatic heterocycles. The van der Waals surface area contributed by atoms with E-state index in [4.69, 9.17) is 9.29 Å². The van der Waals surface area contributed by atoms with Crippen molar-refractivity contribution in [2.75, 3.05) is 24.2 Å². The average molecular weight is 639 g/mol. The molecule has 236 valence electrons. The number of nitrogens with one attached hydrogen (secondary N) is 2. The van der Waals surface area contributed by atoms with E-state index < -0.39 is 27.0 Å². The van der Waals surface area contributed by atoms with E-state index in [2.05, 4.69) is 43.5 Å². The van der Waals surface area contributed by atoms with Gasteiger partial charge in [0.15, 0.2) is 0 Å². The fraction of sp³-hybridized carbons (Fsp3) is 0.412. The van der Waals surface area contributed by atoms with Crippen LogP contribution >= 0.6 is 11.8 Å². The zero-order valence-electron chi connectivity index (χ0n) is 25.5. The molecule has 1 unspecified atom stereocenters. The van der Waals surface area contributed by atoms with Gasteiger partial charge in [-0.3, -0.25) is 14.1 Å². The van der Waals surface area contributed by atoms with E-state index in [1.54, 1.807) is 24.3 Å². The van der Waals surface area contributed by atoms with E-state index in [-0.39, 0.29) is 17.9 Å². The van der Waals surface area contributed by atoms with Crippen molar-refractivity contribution in [3.8, 4) is 5.75 Å². The maximum Gasteiger partial charge on any atom is 0.266 e. The molecule has 1 atom stereocenters. The molecule has 1 aliphatic rings. The Morgan fingerprint density at radius 1 is 0.932 bits per heavy atom. The number of hydrogen-bond donors (Lipinski definition) is 3. The lowest BCUT2D eigenvalue weighted by molar-refractivity contribution is -0.115. The van der Waals surface area contributed by atoms with Crippen LogP contribution in [-0.2, 0) is 20.3 Å². The van der Waals surface area contributed by atoms with E-state index in [0.717, 1.165) is 22.8 Å². The number of rotatable bonds is 12. The predicted molar refractivity (Wildman–Crippen MR) is 176 cm³/mol. The van der Waals surface area contributed by atoms with Crippen molar-refractivity contribution in [2.45, 2.75) is 68.4 Å². The van der Waals surface area contributed by atoms with Gasteiger partial charge in [0.25, 0.3) is 16.0 Å². The lowest BCUT2D eigenvalue weighted by Crippen LogP contribution is -2.28. The summed E-state index contributed by atoms with van der Waals surface area (Å²) in [5.41, 5.74) is 3.00. The van der Waals surface area contributed by atoms with Gasteiger partial charge in [0.1, 0.15) is 11.0 Å². The molecule has 0 heterocycles. The molecule has 3 aromatic carbocycles. The van der Waals surface area contributed by atoms with Crippen LogP contribution in [0.5, 0.6) is 5.75 Å². The number of thioether (sulfide) groups is 1. The van der Waals surface area contributed by atoms with Gasteiger partial charge in [0.2, 0.25) is 5.91 Å². The highest BCUT2D eigenvalue weighted by atomic mass is 32.2. The number of benzene rings is 3. The van der Waals surface area contributed by atoms with Gasteiger partial charge in [-0.1, -0.05) is 64.3 Å². The van der Waals surface area contributed by atoms with Gasteiger partial charge in [0, 0.05) is 22.7 Å². The second-order valence-electron chi connectivity index (χ2n) is 12.3. The van der Waals surface area contributed by atoms with Crippen LogP contribution in [0, 0.1) is 5.92 Å². The first-order valence-electron chi connectivity index (χ1n) is 15.0. The smallest absolute Gasteiger partial charge is 0.266 e. The predicted octanol–water partition coefficient (Wildman–Crippen LogP) is 7.03. The number of carbonyl (C=O) groups excluding carboxylic acids is 2. The summed E-state index contributed by atoms with van der Waals surface area (Å²) in [7, 11) is -4.16. The Morgan fingerprint density at radius 3 is 2.16 bits per heavy atom. The van der Waals surface area contributed by atoms with Gasteiger partial charge in [0.05, 0.1) is 12.4 Å². The third-order valence-corrected chi connectivity index (χ3v) is 9.65. The Hall–Kier alpha value is -3.34. The average Bonchev–Trinajstić information content (AvgIpc) is 2.99. The van der Waals surface area contributed by atoms with Crippen molar-refractivity contribution in [3.05, 3.63) is 89.5 Å². The van der Waals surface area contributed by atoms with Crippen molar-refractivity contribution in [3.63, 3.8) is 0 Å². The fourth-order valence-electron chi connectivity index (χ4n) is 5.06. The van der Waals surface area contributed by atoms with E-state index in [1.807, 2.05) is 36.4 Å². The Morgan fingerprint density at radius 2 is 1.57 bits per heavy atom. The van der Waals surface area contributed by atoms with Gasteiger partial charge < -0.3 is 15.4 Å². The number of amides is 2. The minimum absolute atomic E-state index is 0.0258. The maximum absolute atomic E-state index is 13.7. The molecule has 3 N–H and O–H groups in total. The second kappa shape index (κ2) is 15.1. The molecule has 0 aromatic heterocycles. The summed E-state index contributed by atoms with van der Waals surface area (Å²) in [6.45, 7) is 6.95. The number of hydrogen-bond acceptors (Lipinski definition) is 6. The first-order valence-corrected chi connectivity index (χ1v) is 17.5. The molecule has 2 amide bonds. The first kappa shape index (κ1) is 33.6. The molecule has 0 saturated heterocycles. The van der Waals surface area contributed by atoms with Crippen LogP contribution in [0.3, 0.4) is 0 Å². The molecule has 10 heteroatoms. The summed E-state index contributed by atoms with van der Waals surface area (Å²) in [5, 5.41) is 4.96. The summed E-state index contributed by atoms with van der Waals surface area (Å²) < 4.78 is 36.7. The van der Waals surface area contributed by atoms with E-state index >= 15 is 0 Å². The molecule has 0 radical (unpaired) electrons. The summed E-state index contributed by atoms with van der Waals surface area (Å²) in [6.07, 6.45) is 6.30. The molecular formula is C34H42N2O6S2. The zero-order chi connectivity index (χ0) is 31.7. The Bertz CT molecular complexity index is 1490. The molecule has 0 bridgehead atoms. The minimum Gasteiger partial charge on any atom is -0.493 e. The minimum atomic E-state index is -4.16. The van der Waals surface area contributed by atoms with Crippen molar-refractivity contribution in [1.82, 2.24) is 5.32 Å². The Kier molecular flexibility index (Phi) is 11.5. The van der Waals surface area contributed by atoms with E-state index in [1.165, 1.54) is 49.4 Å². The van der Waals surface area contributed by atoms with Crippen molar-refractivity contribution >= 4 is 39.4 Å². The monoisotopic (exact) mass is 638 g/mol. The third-order valence-electron chi connectivity index (χ3n) is 7.67. The molecule has 4 rings (SSSR count). The lowest BCUT2D eigenvalue weighted by atomic mass is 9.86. The summed E-state index contributed by atoms with van der Waals surface area (Å²) >= 11 is 1.37. The number of anilines is 1. The SMILES string of the molecule is CC(C)(C)c1ccc(C(Sc2ccc(C(=O)NCCS(=O)(=O)O)cc2)C(=O)Nc2ccc(OCC3CCCCC3)cc2)cc1. The highest BCUT2D eigenvalue weighted by Crippen LogP contribution is 2.37. The van der Waals surface area contributed by atoms with Crippen LogP contribution in [0.15, 0.2) is 77.7 Å². The van der Waals surface area contributed by atoms with Crippen LogP contribution in [0.25, 0.3) is 0 Å². The molecule has 1 fully saturated rings. The number of ether oxygens (including phenoxy) is 1. The van der Waals surface area contributed by atoms with Gasteiger partial charge in [-0.15, -0.1) is 11.8 Å². The van der Waals surface area contributed by atoms with Gasteiger partial charge in [-0.05, 0) is 83.8 Å². The molecule has 1 aliphatic carbocycles. The highest BCUT2D eigenvalue weighted by Gasteiger charge is 2.24. The number of carbonyl (C=O) groups is 2. The van der Waals surface area contributed by atoms with Crippen LogP contribution in [0.2, 0.25) is 0 Å². The van der Waals surface area contributed by atoms with Crippen LogP contribution in [-0.4, -0.2) is 43.7 Å². The van der Waals surface area contributed by atoms with Crippen LogP contribution in [0.1, 0.15) is 79.6 Å². The van der Waals surface area contributed by atoms with Crippen LogP contribution < -0.4 is 15.4 Å². The van der Waals surface area contributed by atoms with Crippen molar-refractivity contribution < 1.29 is 27.3 Å². The summed E-state index contributed by atoms with van der Waals surface area (Å²) in [6, 6.07) is 22.3. The third kappa shape index (κ3) is 10.4. The maximum atomic E-state index is 13.7.